The van der Waals surface area contributed by atoms with Gasteiger partial charge in [0.05, 0.1) is 20.8 Å². The lowest BCUT2D eigenvalue weighted by atomic mass is 9.98. The molecule has 5 nitrogen and oxygen atoms in total. The van der Waals surface area contributed by atoms with Crippen LogP contribution in [0.15, 0.2) is 30.3 Å². The minimum Gasteiger partial charge on any atom is -0.493 e. The van der Waals surface area contributed by atoms with Gasteiger partial charge < -0.3 is 19.7 Å². The third-order valence-electron chi connectivity index (χ3n) is 5.49. The maximum atomic E-state index is 12.9. The number of ether oxygens (including phenoxy) is 2. The molecule has 1 heterocycles. The van der Waals surface area contributed by atoms with Crippen molar-refractivity contribution in [2.45, 2.75) is 39.7 Å². The number of nitrogens with one attached hydrogen (secondary N) is 1. The summed E-state index contributed by atoms with van der Waals surface area (Å²) in [5.41, 5.74) is 5.98. The highest BCUT2D eigenvalue weighted by atomic mass is 16.5. The number of methoxy groups -OCH3 is 2. The number of carbonyl (C=O) groups excluding carboxylic acids is 1. The standard InChI is InChI=1S/C23H30N2O3/c1-5-16-8-7-9-17(6-2)23(16)24-14-22(26)25-11-10-18-12-20(27-3)21(28-4)13-19(18)15-25/h7-9,12-13,24H,5-6,10-11,14-15H2,1-4H3. The van der Waals surface area contributed by atoms with Crippen molar-refractivity contribution >= 4 is 11.6 Å². The van der Waals surface area contributed by atoms with Gasteiger partial charge in [-0.15, -0.1) is 0 Å². The van der Waals surface area contributed by atoms with E-state index in [1.54, 1.807) is 14.2 Å². The molecule has 0 unspecified atom stereocenters. The lowest BCUT2D eigenvalue weighted by Crippen LogP contribution is -2.39. The van der Waals surface area contributed by atoms with Crippen LogP contribution in [0.1, 0.15) is 36.1 Å². The molecule has 150 valence electrons. The van der Waals surface area contributed by atoms with Crippen molar-refractivity contribution in [3.8, 4) is 11.5 Å². The number of anilines is 1. The van der Waals surface area contributed by atoms with E-state index in [0.29, 0.717) is 18.8 Å². The number of fused-ring (bicyclic) bond motifs is 1. The molecular formula is C23H30N2O3. The van der Waals surface area contributed by atoms with Gasteiger partial charge in [-0.05, 0) is 53.6 Å². The van der Waals surface area contributed by atoms with E-state index in [1.807, 2.05) is 17.0 Å². The Morgan fingerprint density at radius 3 is 2.21 bits per heavy atom. The molecule has 1 aliphatic rings. The van der Waals surface area contributed by atoms with Gasteiger partial charge in [0.1, 0.15) is 0 Å². The molecule has 28 heavy (non-hydrogen) atoms. The van der Waals surface area contributed by atoms with E-state index >= 15 is 0 Å². The SMILES string of the molecule is CCc1cccc(CC)c1NCC(=O)N1CCc2cc(OC)c(OC)cc2C1. The summed E-state index contributed by atoms with van der Waals surface area (Å²) in [6.45, 7) is 5.92. The van der Waals surface area contributed by atoms with Crippen LogP contribution in [0.5, 0.6) is 11.5 Å². The number of nitrogens with zero attached hydrogens (tertiary/aromatic N) is 1. The molecule has 0 spiro atoms. The number of aryl methyl sites for hydroxylation is 2. The highest BCUT2D eigenvalue weighted by molar-refractivity contribution is 5.82. The number of hydrogen-bond acceptors (Lipinski definition) is 4. The first kappa shape index (κ1) is 20.1. The Bertz CT molecular complexity index is 826. The summed E-state index contributed by atoms with van der Waals surface area (Å²) >= 11 is 0. The number of para-hydroxylation sites is 1. The van der Waals surface area contributed by atoms with E-state index in [4.69, 9.17) is 9.47 Å². The topological polar surface area (TPSA) is 50.8 Å². The summed E-state index contributed by atoms with van der Waals surface area (Å²) in [4.78, 5) is 14.8. The fourth-order valence-electron chi connectivity index (χ4n) is 3.84. The van der Waals surface area contributed by atoms with Gasteiger partial charge in [-0.2, -0.15) is 0 Å². The molecule has 5 heteroatoms. The van der Waals surface area contributed by atoms with Crippen LogP contribution in [0.25, 0.3) is 0 Å². The zero-order valence-electron chi connectivity index (χ0n) is 17.3. The lowest BCUT2D eigenvalue weighted by Gasteiger charge is -2.30. The van der Waals surface area contributed by atoms with Crippen LogP contribution in [-0.4, -0.2) is 38.1 Å². The zero-order chi connectivity index (χ0) is 20.1. The van der Waals surface area contributed by atoms with Gasteiger partial charge in [0.15, 0.2) is 11.5 Å². The Morgan fingerprint density at radius 1 is 1.04 bits per heavy atom. The molecule has 0 radical (unpaired) electrons. The first-order valence-corrected chi connectivity index (χ1v) is 9.97. The fraction of sp³-hybridized carbons (Fsp3) is 0.435. The molecule has 0 aliphatic carbocycles. The summed E-state index contributed by atoms with van der Waals surface area (Å²) < 4.78 is 10.8. The van der Waals surface area contributed by atoms with E-state index in [0.717, 1.165) is 42.8 Å². The van der Waals surface area contributed by atoms with Gasteiger partial charge in [-0.3, -0.25) is 4.79 Å². The molecule has 0 aromatic heterocycles. The minimum absolute atomic E-state index is 0.119. The van der Waals surface area contributed by atoms with Crippen LogP contribution in [0.2, 0.25) is 0 Å². The Hall–Kier alpha value is -2.69. The third kappa shape index (κ3) is 4.08. The number of benzene rings is 2. The van der Waals surface area contributed by atoms with Crippen LogP contribution in [0.4, 0.5) is 5.69 Å². The Balaban J connectivity index is 1.70. The highest BCUT2D eigenvalue weighted by Gasteiger charge is 2.23. The van der Waals surface area contributed by atoms with Crippen LogP contribution in [-0.2, 0) is 30.6 Å². The molecule has 0 fully saturated rings. The van der Waals surface area contributed by atoms with Crippen LogP contribution in [0, 0.1) is 0 Å². The second-order valence-corrected chi connectivity index (χ2v) is 7.05. The molecule has 2 aromatic rings. The van der Waals surface area contributed by atoms with Crippen molar-refractivity contribution in [3.05, 3.63) is 52.6 Å². The molecule has 0 saturated heterocycles. The maximum absolute atomic E-state index is 12.9. The zero-order valence-corrected chi connectivity index (χ0v) is 17.3. The van der Waals surface area contributed by atoms with Crippen molar-refractivity contribution < 1.29 is 14.3 Å². The number of hydrogen-bond donors (Lipinski definition) is 1. The molecule has 0 saturated carbocycles. The summed E-state index contributed by atoms with van der Waals surface area (Å²) in [5, 5.41) is 3.41. The molecule has 1 amide bonds. The minimum atomic E-state index is 0.119. The Labute approximate surface area is 167 Å². The van der Waals surface area contributed by atoms with Gasteiger partial charge in [-0.1, -0.05) is 32.0 Å². The summed E-state index contributed by atoms with van der Waals surface area (Å²) in [6.07, 6.45) is 2.72. The number of amides is 1. The normalized spacial score (nSPS) is 13.1. The molecule has 1 aliphatic heterocycles. The predicted octanol–water partition coefficient (Wildman–Crippen LogP) is 3.83. The maximum Gasteiger partial charge on any atom is 0.242 e. The van der Waals surface area contributed by atoms with Gasteiger partial charge >= 0.3 is 0 Å². The lowest BCUT2D eigenvalue weighted by molar-refractivity contribution is -0.130. The second-order valence-electron chi connectivity index (χ2n) is 7.05. The second kappa shape index (κ2) is 9.00. The summed E-state index contributed by atoms with van der Waals surface area (Å²) in [6, 6.07) is 10.4. The van der Waals surface area contributed by atoms with E-state index < -0.39 is 0 Å². The van der Waals surface area contributed by atoms with E-state index in [-0.39, 0.29) is 5.91 Å². The third-order valence-corrected chi connectivity index (χ3v) is 5.49. The van der Waals surface area contributed by atoms with Crippen LogP contribution in [0.3, 0.4) is 0 Å². The van der Waals surface area contributed by atoms with Crippen molar-refractivity contribution in [1.29, 1.82) is 0 Å². The van der Waals surface area contributed by atoms with Crippen LogP contribution >= 0.6 is 0 Å². The van der Waals surface area contributed by atoms with Crippen molar-refractivity contribution in [2.75, 3.05) is 32.6 Å². The largest absolute Gasteiger partial charge is 0.493 e. The summed E-state index contributed by atoms with van der Waals surface area (Å²) in [7, 11) is 3.28. The first-order valence-electron chi connectivity index (χ1n) is 9.97. The molecule has 0 bridgehead atoms. The first-order chi connectivity index (χ1) is 13.6. The molecule has 2 aromatic carbocycles. The quantitative estimate of drug-likeness (QED) is 0.791. The Morgan fingerprint density at radius 2 is 1.64 bits per heavy atom. The molecule has 1 N–H and O–H groups in total. The van der Waals surface area contributed by atoms with Gasteiger partial charge in [0.25, 0.3) is 0 Å². The van der Waals surface area contributed by atoms with E-state index in [9.17, 15) is 4.79 Å². The fourth-order valence-corrected chi connectivity index (χ4v) is 3.84. The van der Waals surface area contributed by atoms with Gasteiger partial charge in [-0.25, -0.2) is 0 Å². The smallest absolute Gasteiger partial charge is 0.242 e. The Kier molecular flexibility index (Phi) is 6.45. The van der Waals surface area contributed by atoms with Gasteiger partial charge in [0, 0.05) is 18.8 Å². The van der Waals surface area contributed by atoms with Crippen molar-refractivity contribution in [2.24, 2.45) is 0 Å². The predicted molar refractivity (Wildman–Crippen MR) is 112 cm³/mol. The highest BCUT2D eigenvalue weighted by Crippen LogP contribution is 2.33. The number of rotatable bonds is 7. The molecular weight excluding hydrogens is 352 g/mol. The van der Waals surface area contributed by atoms with Crippen molar-refractivity contribution in [1.82, 2.24) is 4.90 Å². The monoisotopic (exact) mass is 382 g/mol. The average molecular weight is 383 g/mol. The van der Waals surface area contributed by atoms with E-state index in [2.05, 4.69) is 37.4 Å². The van der Waals surface area contributed by atoms with Crippen molar-refractivity contribution in [3.63, 3.8) is 0 Å². The van der Waals surface area contributed by atoms with E-state index in [1.165, 1.54) is 16.7 Å². The summed E-state index contributed by atoms with van der Waals surface area (Å²) in [5.74, 6) is 1.57. The van der Waals surface area contributed by atoms with Gasteiger partial charge in [0.2, 0.25) is 5.91 Å². The molecule has 3 rings (SSSR count). The average Bonchev–Trinajstić information content (AvgIpc) is 2.75. The number of carbonyl (C=O) groups is 1. The molecule has 0 atom stereocenters. The van der Waals surface area contributed by atoms with Crippen LogP contribution < -0.4 is 14.8 Å².